The van der Waals surface area contributed by atoms with E-state index >= 15 is 0 Å². The molecule has 2 rings (SSSR count). The predicted molar refractivity (Wildman–Crippen MR) is 74.6 cm³/mol. The van der Waals surface area contributed by atoms with E-state index < -0.39 is 0 Å². The van der Waals surface area contributed by atoms with Crippen LogP contribution in [0.15, 0.2) is 6.07 Å². The van der Waals surface area contributed by atoms with E-state index in [1.54, 1.807) is 0 Å². The minimum absolute atomic E-state index is 0.0746. The molecule has 2 nitrogen and oxygen atoms in total. The fraction of sp³-hybridized carbons (Fsp3) is 0.625. The second-order valence-corrected chi connectivity index (χ2v) is 6.99. The Morgan fingerprint density at radius 1 is 1.28 bits per heavy atom. The summed E-state index contributed by atoms with van der Waals surface area (Å²) >= 11 is 0. The van der Waals surface area contributed by atoms with Crippen molar-refractivity contribution in [3.8, 4) is 11.5 Å². The Kier molecular flexibility index (Phi) is 2.88. The standard InChI is InChI=1S/C16H24O2/c1-10-11-7-8-16(5,6)18-13(11)9-12(14(10)17)15(2,3)4/h9,17H,7-8H2,1-6H3. The summed E-state index contributed by atoms with van der Waals surface area (Å²) < 4.78 is 6.08. The van der Waals surface area contributed by atoms with Crippen LogP contribution in [0.1, 0.15) is 57.7 Å². The highest BCUT2D eigenvalue weighted by Crippen LogP contribution is 2.43. The average Bonchev–Trinajstić information content (AvgIpc) is 2.20. The van der Waals surface area contributed by atoms with Gasteiger partial charge in [0.25, 0.3) is 0 Å². The molecule has 0 spiro atoms. The van der Waals surface area contributed by atoms with E-state index in [1.165, 1.54) is 5.56 Å². The molecule has 0 unspecified atom stereocenters. The molecule has 18 heavy (non-hydrogen) atoms. The van der Waals surface area contributed by atoms with Crippen LogP contribution in [0.3, 0.4) is 0 Å². The maximum absolute atomic E-state index is 10.4. The third-order valence-electron chi connectivity index (χ3n) is 3.81. The van der Waals surface area contributed by atoms with Gasteiger partial charge in [-0.1, -0.05) is 20.8 Å². The van der Waals surface area contributed by atoms with Crippen molar-refractivity contribution in [2.75, 3.05) is 0 Å². The van der Waals surface area contributed by atoms with E-state index in [1.807, 2.05) is 13.0 Å². The molecule has 0 saturated heterocycles. The zero-order valence-electron chi connectivity index (χ0n) is 12.3. The van der Waals surface area contributed by atoms with Gasteiger partial charge in [0.15, 0.2) is 0 Å². The summed E-state index contributed by atoms with van der Waals surface area (Å²) in [4.78, 5) is 0. The van der Waals surface area contributed by atoms with Crippen molar-refractivity contribution >= 4 is 0 Å². The Balaban J connectivity index is 2.60. The van der Waals surface area contributed by atoms with E-state index in [-0.39, 0.29) is 11.0 Å². The van der Waals surface area contributed by atoms with Crippen LogP contribution in [-0.2, 0) is 11.8 Å². The Labute approximate surface area is 110 Å². The van der Waals surface area contributed by atoms with Crippen molar-refractivity contribution in [2.45, 2.75) is 65.4 Å². The summed E-state index contributed by atoms with van der Waals surface area (Å²) in [6.45, 7) is 12.6. The first-order valence-corrected chi connectivity index (χ1v) is 6.67. The lowest BCUT2D eigenvalue weighted by molar-refractivity contribution is 0.0839. The summed E-state index contributed by atoms with van der Waals surface area (Å²) in [5.41, 5.74) is 2.93. The summed E-state index contributed by atoms with van der Waals surface area (Å²) in [5, 5.41) is 10.4. The fourth-order valence-electron chi connectivity index (χ4n) is 2.56. The van der Waals surface area contributed by atoms with Crippen LogP contribution in [0.25, 0.3) is 0 Å². The summed E-state index contributed by atoms with van der Waals surface area (Å²) in [6, 6.07) is 2.03. The highest BCUT2D eigenvalue weighted by molar-refractivity contribution is 5.55. The molecular weight excluding hydrogens is 224 g/mol. The van der Waals surface area contributed by atoms with Crippen molar-refractivity contribution in [3.63, 3.8) is 0 Å². The molecule has 1 aliphatic rings. The molecular formula is C16H24O2. The van der Waals surface area contributed by atoms with Crippen molar-refractivity contribution < 1.29 is 9.84 Å². The molecule has 0 bridgehead atoms. The molecule has 0 radical (unpaired) electrons. The van der Waals surface area contributed by atoms with Gasteiger partial charge in [-0.3, -0.25) is 0 Å². The maximum atomic E-state index is 10.4. The van der Waals surface area contributed by atoms with Gasteiger partial charge in [-0.15, -0.1) is 0 Å². The SMILES string of the molecule is Cc1c(O)c(C(C)(C)C)cc2c1CCC(C)(C)O2. The third kappa shape index (κ3) is 2.21. The lowest BCUT2D eigenvalue weighted by Gasteiger charge is -2.35. The minimum Gasteiger partial charge on any atom is -0.507 e. The molecule has 1 heterocycles. The Bertz CT molecular complexity index is 479. The largest absolute Gasteiger partial charge is 0.507 e. The molecule has 0 aliphatic carbocycles. The van der Waals surface area contributed by atoms with Gasteiger partial charge < -0.3 is 9.84 Å². The van der Waals surface area contributed by atoms with Gasteiger partial charge in [0, 0.05) is 11.1 Å². The van der Waals surface area contributed by atoms with Gasteiger partial charge in [0.2, 0.25) is 0 Å². The van der Waals surface area contributed by atoms with Crippen molar-refractivity contribution in [1.82, 2.24) is 0 Å². The first-order chi connectivity index (χ1) is 8.12. The van der Waals surface area contributed by atoms with Crippen LogP contribution < -0.4 is 4.74 Å². The van der Waals surface area contributed by atoms with Crippen LogP contribution in [-0.4, -0.2) is 10.7 Å². The number of rotatable bonds is 0. The number of fused-ring (bicyclic) bond motifs is 1. The minimum atomic E-state index is -0.106. The number of phenolic OH excluding ortho intramolecular Hbond substituents is 1. The molecule has 1 N–H and O–H groups in total. The number of hydrogen-bond acceptors (Lipinski definition) is 2. The quantitative estimate of drug-likeness (QED) is 0.749. The number of hydrogen-bond donors (Lipinski definition) is 1. The molecule has 100 valence electrons. The summed E-state index contributed by atoms with van der Waals surface area (Å²) in [5.74, 6) is 1.39. The van der Waals surface area contributed by atoms with E-state index in [0.717, 1.165) is 29.7 Å². The smallest absolute Gasteiger partial charge is 0.124 e. The van der Waals surface area contributed by atoms with Gasteiger partial charge in [0.1, 0.15) is 17.1 Å². The topological polar surface area (TPSA) is 29.5 Å². The normalized spacial score (nSPS) is 18.1. The van der Waals surface area contributed by atoms with Crippen LogP contribution in [0.5, 0.6) is 11.5 Å². The molecule has 1 aliphatic heterocycles. The Morgan fingerprint density at radius 2 is 1.89 bits per heavy atom. The van der Waals surface area contributed by atoms with E-state index in [9.17, 15) is 5.11 Å². The van der Waals surface area contributed by atoms with E-state index in [0.29, 0.717) is 5.75 Å². The number of aromatic hydroxyl groups is 1. The average molecular weight is 248 g/mol. The third-order valence-corrected chi connectivity index (χ3v) is 3.81. The van der Waals surface area contributed by atoms with Crippen LogP contribution >= 0.6 is 0 Å². The fourth-order valence-corrected chi connectivity index (χ4v) is 2.56. The zero-order chi connectivity index (χ0) is 13.7. The maximum Gasteiger partial charge on any atom is 0.124 e. The van der Waals surface area contributed by atoms with E-state index in [2.05, 4.69) is 34.6 Å². The Morgan fingerprint density at radius 3 is 2.44 bits per heavy atom. The first-order valence-electron chi connectivity index (χ1n) is 6.67. The monoisotopic (exact) mass is 248 g/mol. The molecule has 0 saturated carbocycles. The Hall–Kier alpha value is -1.18. The predicted octanol–water partition coefficient (Wildman–Crippen LogP) is 4.10. The molecule has 1 aromatic rings. The summed E-state index contributed by atoms with van der Waals surface area (Å²) in [7, 11) is 0. The van der Waals surface area contributed by atoms with Crippen molar-refractivity contribution in [3.05, 3.63) is 22.8 Å². The lowest BCUT2D eigenvalue weighted by Crippen LogP contribution is -2.33. The van der Waals surface area contributed by atoms with Gasteiger partial charge in [-0.25, -0.2) is 0 Å². The van der Waals surface area contributed by atoms with Gasteiger partial charge in [0.05, 0.1) is 0 Å². The second kappa shape index (κ2) is 3.91. The molecule has 0 amide bonds. The van der Waals surface area contributed by atoms with E-state index in [4.69, 9.17) is 4.74 Å². The molecule has 0 fully saturated rings. The van der Waals surface area contributed by atoms with Crippen LogP contribution in [0.2, 0.25) is 0 Å². The molecule has 2 heteroatoms. The highest BCUT2D eigenvalue weighted by atomic mass is 16.5. The van der Waals surface area contributed by atoms with Gasteiger partial charge in [-0.2, -0.15) is 0 Å². The van der Waals surface area contributed by atoms with Gasteiger partial charge >= 0.3 is 0 Å². The van der Waals surface area contributed by atoms with Crippen molar-refractivity contribution in [1.29, 1.82) is 0 Å². The number of benzene rings is 1. The zero-order valence-corrected chi connectivity index (χ0v) is 12.3. The first kappa shape index (κ1) is 13.3. The molecule has 1 aromatic carbocycles. The second-order valence-electron chi connectivity index (χ2n) is 6.99. The summed E-state index contributed by atoms with van der Waals surface area (Å²) in [6.07, 6.45) is 1.97. The molecule has 0 atom stereocenters. The number of ether oxygens (including phenoxy) is 1. The molecule has 0 aromatic heterocycles. The lowest BCUT2D eigenvalue weighted by atomic mass is 9.82. The van der Waals surface area contributed by atoms with Gasteiger partial charge in [-0.05, 0) is 50.7 Å². The highest BCUT2D eigenvalue weighted by Gasteiger charge is 2.31. The number of phenols is 1. The van der Waals surface area contributed by atoms with Crippen molar-refractivity contribution in [2.24, 2.45) is 0 Å². The van der Waals surface area contributed by atoms with Crippen LogP contribution in [0.4, 0.5) is 0 Å². The van der Waals surface area contributed by atoms with Crippen LogP contribution in [0, 0.1) is 6.92 Å².